The van der Waals surface area contributed by atoms with Gasteiger partial charge in [0.15, 0.2) is 5.82 Å². The van der Waals surface area contributed by atoms with Crippen molar-refractivity contribution < 1.29 is 0 Å². The van der Waals surface area contributed by atoms with E-state index in [1.54, 1.807) is 0 Å². The third kappa shape index (κ3) is 2.13. The minimum absolute atomic E-state index is 0.568. The second-order valence-corrected chi connectivity index (χ2v) is 4.15. The van der Waals surface area contributed by atoms with E-state index in [9.17, 15) is 0 Å². The molecule has 3 nitrogen and oxygen atoms in total. The van der Waals surface area contributed by atoms with Crippen molar-refractivity contribution in [2.24, 2.45) is 0 Å². The molecule has 2 N–H and O–H groups in total. The van der Waals surface area contributed by atoms with Crippen LogP contribution in [0.4, 0.5) is 5.82 Å². The highest BCUT2D eigenvalue weighted by molar-refractivity contribution is 5.62. The fourth-order valence-corrected chi connectivity index (χ4v) is 1.82. The summed E-state index contributed by atoms with van der Waals surface area (Å²) >= 11 is 0. The summed E-state index contributed by atoms with van der Waals surface area (Å²) in [6.45, 7) is 6.04. The molecular weight excluding hydrogens is 210 g/mol. The Hall–Kier alpha value is -1.90. The largest absolute Gasteiger partial charge is 0.383 e. The normalized spacial score (nSPS) is 10.5. The molecule has 3 heteroatoms. The lowest BCUT2D eigenvalue weighted by molar-refractivity contribution is 1.06. The van der Waals surface area contributed by atoms with Gasteiger partial charge in [0.1, 0.15) is 5.82 Å². The maximum absolute atomic E-state index is 5.90. The summed E-state index contributed by atoms with van der Waals surface area (Å²) in [7, 11) is 0. The van der Waals surface area contributed by atoms with Crippen LogP contribution < -0.4 is 5.73 Å². The van der Waals surface area contributed by atoms with Gasteiger partial charge in [-0.25, -0.2) is 9.97 Å². The topological polar surface area (TPSA) is 51.8 Å². The standard InChI is InChI=1S/C14H17N3/c1-4-11-7-5-6-8-12(11)14-16-10(3)9(2)13(15)17-14/h5-8H,4H2,1-3H3,(H2,15,16,17). The van der Waals surface area contributed by atoms with Crippen LogP contribution in [0, 0.1) is 13.8 Å². The summed E-state index contributed by atoms with van der Waals surface area (Å²) in [5.74, 6) is 1.29. The van der Waals surface area contributed by atoms with Crippen molar-refractivity contribution in [3.05, 3.63) is 41.1 Å². The average Bonchev–Trinajstić information content (AvgIpc) is 2.35. The highest BCUT2D eigenvalue weighted by Gasteiger charge is 2.09. The zero-order valence-corrected chi connectivity index (χ0v) is 10.5. The Bertz CT molecular complexity index is 524. The Morgan fingerprint density at radius 1 is 1.12 bits per heavy atom. The van der Waals surface area contributed by atoms with E-state index >= 15 is 0 Å². The molecule has 0 amide bonds. The number of aryl methyl sites for hydroxylation is 2. The molecule has 2 aromatic rings. The number of nitrogens with zero attached hydrogens (tertiary/aromatic N) is 2. The molecule has 0 aliphatic rings. The van der Waals surface area contributed by atoms with E-state index in [-0.39, 0.29) is 0 Å². The summed E-state index contributed by atoms with van der Waals surface area (Å²) in [4.78, 5) is 8.90. The molecule has 0 fully saturated rings. The van der Waals surface area contributed by atoms with Gasteiger partial charge in [-0.2, -0.15) is 0 Å². The lowest BCUT2D eigenvalue weighted by Crippen LogP contribution is -2.03. The molecule has 0 spiro atoms. The third-order valence-electron chi connectivity index (χ3n) is 3.07. The van der Waals surface area contributed by atoms with E-state index in [0.717, 1.165) is 29.1 Å². The SMILES string of the molecule is CCc1ccccc1-c1nc(C)c(C)c(N)n1. The minimum Gasteiger partial charge on any atom is -0.383 e. The van der Waals surface area contributed by atoms with E-state index in [4.69, 9.17) is 5.73 Å². The van der Waals surface area contributed by atoms with Gasteiger partial charge < -0.3 is 5.73 Å². The molecule has 1 heterocycles. The molecule has 2 rings (SSSR count). The van der Waals surface area contributed by atoms with E-state index in [0.29, 0.717) is 5.82 Å². The van der Waals surface area contributed by atoms with Gasteiger partial charge in [0.2, 0.25) is 0 Å². The number of anilines is 1. The predicted octanol–water partition coefficient (Wildman–Crippen LogP) is 2.91. The molecule has 0 bridgehead atoms. The zero-order valence-electron chi connectivity index (χ0n) is 10.5. The van der Waals surface area contributed by atoms with E-state index < -0.39 is 0 Å². The van der Waals surface area contributed by atoms with Crippen LogP contribution in [0.25, 0.3) is 11.4 Å². The van der Waals surface area contributed by atoms with Gasteiger partial charge in [0.25, 0.3) is 0 Å². The molecule has 1 aromatic carbocycles. The molecule has 1 aromatic heterocycles. The van der Waals surface area contributed by atoms with Gasteiger partial charge in [0, 0.05) is 16.8 Å². The Morgan fingerprint density at radius 3 is 2.47 bits per heavy atom. The van der Waals surface area contributed by atoms with Crippen molar-refractivity contribution in [2.75, 3.05) is 5.73 Å². The molecule has 88 valence electrons. The van der Waals surface area contributed by atoms with Gasteiger partial charge in [-0.15, -0.1) is 0 Å². The summed E-state index contributed by atoms with van der Waals surface area (Å²) in [5, 5.41) is 0. The van der Waals surface area contributed by atoms with Crippen LogP contribution >= 0.6 is 0 Å². The summed E-state index contributed by atoms with van der Waals surface area (Å²) < 4.78 is 0. The number of hydrogen-bond acceptors (Lipinski definition) is 3. The predicted molar refractivity (Wildman–Crippen MR) is 70.7 cm³/mol. The number of nitrogen functional groups attached to an aromatic ring is 1. The van der Waals surface area contributed by atoms with Crippen LogP contribution in [0.2, 0.25) is 0 Å². The quantitative estimate of drug-likeness (QED) is 0.858. The minimum atomic E-state index is 0.568. The van der Waals surface area contributed by atoms with Gasteiger partial charge in [-0.1, -0.05) is 31.2 Å². The van der Waals surface area contributed by atoms with E-state index in [2.05, 4.69) is 23.0 Å². The van der Waals surface area contributed by atoms with Crippen LogP contribution in [0.5, 0.6) is 0 Å². The van der Waals surface area contributed by atoms with Gasteiger partial charge in [-0.3, -0.25) is 0 Å². The van der Waals surface area contributed by atoms with Crippen molar-refractivity contribution in [1.82, 2.24) is 9.97 Å². The molecule has 0 unspecified atom stereocenters. The van der Waals surface area contributed by atoms with E-state index in [1.165, 1.54) is 5.56 Å². The highest BCUT2D eigenvalue weighted by atomic mass is 15.0. The van der Waals surface area contributed by atoms with Crippen molar-refractivity contribution in [2.45, 2.75) is 27.2 Å². The monoisotopic (exact) mass is 227 g/mol. The molecule has 0 atom stereocenters. The first-order valence-corrected chi connectivity index (χ1v) is 5.82. The number of rotatable bonds is 2. The summed E-state index contributed by atoms with van der Waals surface area (Å²) in [5.41, 5.74) is 10.1. The Kier molecular flexibility index (Phi) is 3.09. The fraction of sp³-hybridized carbons (Fsp3) is 0.286. The first-order chi connectivity index (χ1) is 8.13. The number of aromatic nitrogens is 2. The summed E-state index contributed by atoms with van der Waals surface area (Å²) in [6, 6.07) is 8.18. The second-order valence-electron chi connectivity index (χ2n) is 4.15. The molecule has 0 aliphatic carbocycles. The van der Waals surface area contributed by atoms with Crippen molar-refractivity contribution in [3.8, 4) is 11.4 Å². The molecule has 0 radical (unpaired) electrons. The van der Waals surface area contributed by atoms with Crippen LogP contribution in [0.15, 0.2) is 24.3 Å². The number of hydrogen-bond donors (Lipinski definition) is 1. The van der Waals surface area contributed by atoms with Crippen molar-refractivity contribution in [1.29, 1.82) is 0 Å². The average molecular weight is 227 g/mol. The maximum atomic E-state index is 5.90. The zero-order chi connectivity index (χ0) is 12.4. The van der Waals surface area contributed by atoms with Crippen LogP contribution in [0.1, 0.15) is 23.7 Å². The lowest BCUT2D eigenvalue weighted by Gasteiger charge is -2.09. The lowest BCUT2D eigenvalue weighted by atomic mass is 10.0. The van der Waals surface area contributed by atoms with Crippen LogP contribution in [-0.4, -0.2) is 9.97 Å². The second kappa shape index (κ2) is 4.53. The Labute approximate surface area is 102 Å². The summed E-state index contributed by atoms with van der Waals surface area (Å²) in [6.07, 6.45) is 0.965. The molecule has 0 saturated carbocycles. The smallest absolute Gasteiger partial charge is 0.162 e. The van der Waals surface area contributed by atoms with Crippen LogP contribution in [0.3, 0.4) is 0 Å². The molecule has 17 heavy (non-hydrogen) atoms. The maximum Gasteiger partial charge on any atom is 0.162 e. The van der Waals surface area contributed by atoms with Crippen molar-refractivity contribution in [3.63, 3.8) is 0 Å². The Balaban J connectivity index is 2.61. The van der Waals surface area contributed by atoms with Gasteiger partial charge >= 0.3 is 0 Å². The molecule has 0 saturated heterocycles. The van der Waals surface area contributed by atoms with E-state index in [1.807, 2.05) is 32.0 Å². The highest BCUT2D eigenvalue weighted by Crippen LogP contribution is 2.23. The van der Waals surface area contributed by atoms with Gasteiger partial charge in [-0.05, 0) is 25.8 Å². The molecular formula is C14H17N3. The fourth-order valence-electron chi connectivity index (χ4n) is 1.82. The van der Waals surface area contributed by atoms with Crippen LogP contribution in [-0.2, 0) is 6.42 Å². The first kappa shape index (κ1) is 11.6. The first-order valence-electron chi connectivity index (χ1n) is 5.82. The van der Waals surface area contributed by atoms with Gasteiger partial charge in [0.05, 0.1) is 0 Å². The Morgan fingerprint density at radius 2 is 1.82 bits per heavy atom. The molecule has 0 aliphatic heterocycles. The van der Waals surface area contributed by atoms with Crippen molar-refractivity contribution >= 4 is 5.82 Å². The third-order valence-corrected chi connectivity index (χ3v) is 3.07. The number of nitrogens with two attached hydrogens (primary N) is 1. The number of benzene rings is 1.